The molecule has 1 heterocycles. The quantitative estimate of drug-likeness (QED) is 0.444. The Kier molecular flexibility index (Phi) is 4.81. The highest BCUT2D eigenvalue weighted by Gasteiger charge is 2.21. The molecule has 2 fully saturated rings. The van der Waals surface area contributed by atoms with E-state index in [0.29, 0.717) is 18.4 Å². The van der Waals surface area contributed by atoms with Gasteiger partial charge in [0.05, 0.1) is 6.10 Å². The van der Waals surface area contributed by atoms with E-state index in [1.807, 2.05) is 0 Å². The normalized spacial score (nSPS) is 24.0. The third-order valence-corrected chi connectivity index (χ3v) is 3.21. The number of aliphatic imine (C=N–C) groups is 1. The molecule has 2 aliphatic rings. The lowest BCUT2D eigenvalue weighted by atomic mass is 10.2. The molecule has 1 saturated carbocycles. The van der Waals surface area contributed by atoms with E-state index in [1.165, 1.54) is 12.8 Å². The van der Waals surface area contributed by atoms with Crippen molar-refractivity contribution in [2.75, 3.05) is 26.2 Å². The monoisotopic (exact) mass is 254 g/mol. The van der Waals surface area contributed by atoms with Crippen molar-refractivity contribution in [2.45, 2.75) is 31.8 Å². The van der Waals surface area contributed by atoms with E-state index in [1.54, 1.807) is 0 Å². The highest BCUT2D eigenvalue weighted by atomic mass is 16.5. The van der Waals surface area contributed by atoms with Crippen molar-refractivity contribution in [3.05, 3.63) is 0 Å². The van der Waals surface area contributed by atoms with Crippen LogP contribution in [0, 0.1) is 5.92 Å². The average molecular weight is 254 g/mol. The fourth-order valence-electron chi connectivity index (χ4n) is 1.87. The van der Waals surface area contributed by atoms with Crippen molar-refractivity contribution in [3.8, 4) is 0 Å². The van der Waals surface area contributed by atoms with E-state index in [2.05, 4.69) is 15.6 Å². The predicted molar refractivity (Wildman–Crippen MR) is 69.2 cm³/mol. The molecule has 1 unspecified atom stereocenters. The van der Waals surface area contributed by atoms with E-state index in [-0.39, 0.29) is 18.6 Å². The minimum absolute atomic E-state index is 0.0660. The topological polar surface area (TPSA) is 88.7 Å². The zero-order valence-corrected chi connectivity index (χ0v) is 10.7. The number of ether oxygens (including phenoxy) is 1. The van der Waals surface area contributed by atoms with Crippen molar-refractivity contribution < 1.29 is 9.53 Å². The number of guanidine groups is 1. The van der Waals surface area contributed by atoms with Crippen LogP contribution in [0.25, 0.3) is 0 Å². The molecule has 1 aliphatic heterocycles. The van der Waals surface area contributed by atoms with Crippen LogP contribution < -0.4 is 16.4 Å². The first-order valence-corrected chi connectivity index (χ1v) is 6.66. The van der Waals surface area contributed by atoms with E-state index >= 15 is 0 Å². The Hall–Kier alpha value is -1.30. The summed E-state index contributed by atoms with van der Waals surface area (Å²) in [5.74, 6) is 0.934. The summed E-state index contributed by atoms with van der Waals surface area (Å²) in [6, 6.07) is 0. The van der Waals surface area contributed by atoms with Gasteiger partial charge < -0.3 is 21.1 Å². The van der Waals surface area contributed by atoms with Crippen LogP contribution in [0.15, 0.2) is 4.99 Å². The summed E-state index contributed by atoms with van der Waals surface area (Å²) >= 11 is 0. The fourth-order valence-corrected chi connectivity index (χ4v) is 1.87. The summed E-state index contributed by atoms with van der Waals surface area (Å²) in [5.41, 5.74) is 5.67. The van der Waals surface area contributed by atoms with Crippen LogP contribution in [0.5, 0.6) is 0 Å². The molecule has 6 nitrogen and oxygen atoms in total. The first kappa shape index (κ1) is 13.1. The Morgan fingerprint density at radius 1 is 1.28 bits per heavy atom. The van der Waals surface area contributed by atoms with Crippen LogP contribution in [0.1, 0.15) is 25.7 Å². The molecular weight excluding hydrogens is 232 g/mol. The van der Waals surface area contributed by atoms with Gasteiger partial charge in [-0.3, -0.25) is 4.79 Å². The lowest BCUT2D eigenvalue weighted by Crippen LogP contribution is -2.38. The van der Waals surface area contributed by atoms with E-state index in [4.69, 9.17) is 10.5 Å². The van der Waals surface area contributed by atoms with Crippen molar-refractivity contribution in [1.82, 2.24) is 10.6 Å². The number of hydrogen-bond acceptors (Lipinski definition) is 3. The molecule has 18 heavy (non-hydrogen) atoms. The third-order valence-electron chi connectivity index (χ3n) is 3.21. The molecule has 102 valence electrons. The minimum atomic E-state index is -0.0660. The van der Waals surface area contributed by atoms with Gasteiger partial charge in [-0.15, -0.1) is 0 Å². The first-order valence-electron chi connectivity index (χ1n) is 6.66. The van der Waals surface area contributed by atoms with Gasteiger partial charge in [0.15, 0.2) is 5.96 Å². The van der Waals surface area contributed by atoms with Crippen LogP contribution in [0.2, 0.25) is 0 Å². The maximum Gasteiger partial charge on any atom is 0.241 e. The minimum Gasteiger partial charge on any atom is -0.376 e. The summed E-state index contributed by atoms with van der Waals surface area (Å²) in [7, 11) is 0. The van der Waals surface area contributed by atoms with Gasteiger partial charge in [-0.2, -0.15) is 0 Å². The second-order valence-corrected chi connectivity index (χ2v) is 4.96. The van der Waals surface area contributed by atoms with Crippen molar-refractivity contribution in [3.63, 3.8) is 0 Å². The second kappa shape index (κ2) is 6.58. The number of carbonyl (C=O) groups excluding carboxylic acids is 1. The SMILES string of the molecule is NC(=NCC(=O)NCC1CC1)NCC1CCCO1. The molecule has 0 spiro atoms. The lowest BCUT2D eigenvalue weighted by Gasteiger charge is -2.11. The number of hydrogen-bond donors (Lipinski definition) is 3. The van der Waals surface area contributed by atoms with E-state index in [0.717, 1.165) is 26.0 Å². The maximum atomic E-state index is 11.4. The Balaban J connectivity index is 1.56. The molecule has 0 aromatic carbocycles. The van der Waals surface area contributed by atoms with E-state index < -0.39 is 0 Å². The Bertz CT molecular complexity index is 309. The number of amides is 1. The molecule has 1 saturated heterocycles. The Labute approximate surface area is 107 Å². The van der Waals surface area contributed by atoms with Gasteiger partial charge in [0.1, 0.15) is 6.54 Å². The molecular formula is C12H22N4O2. The molecule has 0 aromatic heterocycles. The van der Waals surface area contributed by atoms with Crippen LogP contribution in [0.4, 0.5) is 0 Å². The number of nitrogens with two attached hydrogens (primary N) is 1. The summed E-state index contributed by atoms with van der Waals surface area (Å²) < 4.78 is 5.45. The average Bonchev–Trinajstić information content (AvgIpc) is 3.06. The van der Waals surface area contributed by atoms with Gasteiger partial charge in [-0.05, 0) is 31.6 Å². The van der Waals surface area contributed by atoms with E-state index in [9.17, 15) is 4.79 Å². The number of nitrogens with one attached hydrogen (secondary N) is 2. The van der Waals surface area contributed by atoms with Crippen LogP contribution in [-0.4, -0.2) is 44.2 Å². The molecule has 4 N–H and O–H groups in total. The zero-order chi connectivity index (χ0) is 12.8. The largest absolute Gasteiger partial charge is 0.376 e. The van der Waals surface area contributed by atoms with Gasteiger partial charge >= 0.3 is 0 Å². The van der Waals surface area contributed by atoms with Gasteiger partial charge in [-0.25, -0.2) is 4.99 Å². The van der Waals surface area contributed by atoms with Crippen LogP contribution >= 0.6 is 0 Å². The zero-order valence-electron chi connectivity index (χ0n) is 10.7. The second-order valence-electron chi connectivity index (χ2n) is 4.96. The maximum absolute atomic E-state index is 11.4. The highest BCUT2D eigenvalue weighted by molar-refractivity contribution is 5.83. The lowest BCUT2D eigenvalue weighted by molar-refractivity contribution is -0.119. The number of nitrogens with zero attached hydrogens (tertiary/aromatic N) is 1. The van der Waals surface area contributed by atoms with Crippen molar-refractivity contribution in [1.29, 1.82) is 0 Å². The van der Waals surface area contributed by atoms with Crippen molar-refractivity contribution in [2.24, 2.45) is 16.6 Å². The summed E-state index contributed by atoms with van der Waals surface area (Å²) in [6.45, 7) is 2.36. The molecule has 0 aromatic rings. The molecule has 6 heteroatoms. The first-order chi connectivity index (χ1) is 8.74. The van der Waals surface area contributed by atoms with Gasteiger partial charge in [0.25, 0.3) is 0 Å². The van der Waals surface area contributed by atoms with Crippen LogP contribution in [-0.2, 0) is 9.53 Å². The summed E-state index contributed by atoms with van der Waals surface area (Å²) in [6.07, 6.45) is 4.85. The standard InChI is InChI=1S/C12H22N4O2/c13-12(15-7-10-2-1-5-18-10)16-8-11(17)14-6-9-3-4-9/h9-10H,1-8H2,(H,14,17)(H3,13,15,16). The van der Waals surface area contributed by atoms with Crippen molar-refractivity contribution >= 4 is 11.9 Å². The Morgan fingerprint density at radius 2 is 2.11 bits per heavy atom. The number of rotatable bonds is 6. The summed E-state index contributed by atoms with van der Waals surface area (Å²) in [4.78, 5) is 15.4. The molecule has 1 atom stereocenters. The highest BCUT2D eigenvalue weighted by Crippen LogP contribution is 2.27. The number of carbonyl (C=O) groups is 1. The molecule has 1 aliphatic carbocycles. The van der Waals surface area contributed by atoms with Gasteiger partial charge in [-0.1, -0.05) is 0 Å². The molecule has 0 bridgehead atoms. The van der Waals surface area contributed by atoms with Gasteiger partial charge in [0, 0.05) is 19.7 Å². The molecule has 1 amide bonds. The fraction of sp³-hybridized carbons (Fsp3) is 0.833. The summed E-state index contributed by atoms with van der Waals surface area (Å²) in [5, 5.41) is 5.82. The third kappa shape index (κ3) is 4.91. The smallest absolute Gasteiger partial charge is 0.241 e. The molecule has 0 radical (unpaired) electrons. The molecule has 2 rings (SSSR count). The van der Waals surface area contributed by atoms with Gasteiger partial charge in [0.2, 0.25) is 5.91 Å². The predicted octanol–water partition coefficient (Wildman–Crippen LogP) is -0.404. The Morgan fingerprint density at radius 3 is 2.78 bits per heavy atom. The van der Waals surface area contributed by atoms with Crippen LogP contribution in [0.3, 0.4) is 0 Å².